The molecule has 1 atom stereocenters. The lowest BCUT2D eigenvalue weighted by Gasteiger charge is -2.21. The van der Waals surface area contributed by atoms with E-state index in [0.717, 1.165) is 17.7 Å². The Morgan fingerprint density at radius 2 is 1.70 bits per heavy atom. The van der Waals surface area contributed by atoms with E-state index in [1.54, 1.807) is 58.0 Å². The summed E-state index contributed by atoms with van der Waals surface area (Å²) in [6, 6.07) is 9.52. The third-order valence-corrected chi connectivity index (χ3v) is 7.00. The first kappa shape index (κ1) is 33.5. The molecule has 13 nitrogen and oxygen atoms in total. The molecule has 0 spiro atoms. The lowest BCUT2D eigenvalue weighted by molar-refractivity contribution is -0.137. The van der Waals surface area contributed by atoms with Gasteiger partial charge in [-0.2, -0.15) is 13.2 Å². The molecule has 2 N–H and O–H groups in total. The molecule has 2 amide bonds. The predicted octanol–water partition coefficient (Wildman–Crippen LogP) is 4.24. The minimum atomic E-state index is -4.56. The second kappa shape index (κ2) is 13.3. The number of aromatic nitrogens is 5. The van der Waals surface area contributed by atoms with Gasteiger partial charge in [0.25, 0.3) is 11.4 Å². The Balaban J connectivity index is 1.58. The van der Waals surface area contributed by atoms with Crippen LogP contribution in [-0.2, 0) is 27.7 Å². The lowest BCUT2D eigenvalue weighted by Crippen LogP contribution is -2.46. The minimum Gasteiger partial charge on any atom is -0.453 e. The normalized spacial score (nSPS) is 12.5. The summed E-state index contributed by atoms with van der Waals surface area (Å²) >= 11 is 0. The van der Waals surface area contributed by atoms with Crippen molar-refractivity contribution in [1.82, 2.24) is 30.0 Å². The molecule has 16 heteroatoms. The average molecular weight is 642 g/mol. The second-order valence-electron chi connectivity index (χ2n) is 11.0. The smallest absolute Gasteiger partial charge is 0.417 e. The van der Waals surface area contributed by atoms with Gasteiger partial charge < -0.3 is 14.5 Å². The van der Waals surface area contributed by atoms with Gasteiger partial charge in [-0.25, -0.2) is 9.78 Å². The van der Waals surface area contributed by atoms with E-state index < -0.39 is 64.9 Å². The highest BCUT2D eigenvalue weighted by atomic mass is 19.4. The van der Waals surface area contributed by atoms with Gasteiger partial charge in [-0.3, -0.25) is 29.3 Å². The van der Waals surface area contributed by atoms with Crippen LogP contribution >= 0.6 is 0 Å². The molecule has 4 rings (SSSR count). The molecule has 0 bridgehead atoms. The highest BCUT2D eigenvalue weighted by Crippen LogP contribution is 2.33. The molecule has 0 aliphatic carbocycles. The molecule has 242 valence electrons. The standard InChI is InChI=1S/C30H30F3N7O6/c1-16(2)22(23(42)25-38-39-27(46-25)29(3,4)20-12-11-18(13-34-20)30(31,32)33)36-21(41)15-40-19(17-9-7-6-8-10-17)14-35-24(26(40)43)37-28(44)45-5/h6-14,16,22H,15H2,1-5H3,(H,36,41)(H,35,37,44)/t22-/m1/s1. The van der Waals surface area contributed by atoms with E-state index in [9.17, 15) is 32.3 Å². The molecule has 3 aromatic heterocycles. The Hall–Kier alpha value is -5.41. The molecule has 0 aliphatic heterocycles. The number of ether oxygens (including phenoxy) is 1. The van der Waals surface area contributed by atoms with Gasteiger partial charge in [-0.05, 0) is 37.5 Å². The summed E-state index contributed by atoms with van der Waals surface area (Å²) in [6.45, 7) is 5.96. The molecule has 0 saturated carbocycles. The Morgan fingerprint density at radius 1 is 1.00 bits per heavy atom. The average Bonchev–Trinajstić information content (AvgIpc) is 3.53. The van der Waals surface area contributed by atoms with Crippen molar-refractivity contribution in [2.24, 2.45) is 5.92 Å². The van der Waals surface area contributed by atoms with Gasteiger partial charge in [0, 0.05) is 6.20 Å². The maximum atomic E-state index is 13.5. The summed E-state index contributed by atoms with van der Waals surface area (Å²) in [5.74, 6) is -2.83. The number of carbonyl (C=O) groups excluding carboxylic acids is 3. The number of alkyl halides is 3. The number of carbonyl (C=O) groups is 3. The van der Waals surface area contributed by atoms with Crippen LogP contribution in [0.2, 0.25) is 0 Å². The maximum Gasteiger partial charge on any atom is 0.417 e. The van der Waals surface area contributed by atoms with Gasteiger partial charge in [-0.15, -0.1) is 10.2 Å². The monoisotopic (exact) mass is 641 g/mol. The van der Waals surface area contributed by atoms with Gasteiger partial charge in [0.05, 0.1) is 41.7 Å². The van der Waals surface area contributed by atoms with Crippen molar-refractivity contribution in [3.05, 3.63) is 88.3 Å². The van der Waals surface area contributed by atoms with Gasteiger partial charge in [0.2, 0.25) is 23.4 Å². The zero-order valence-electron chi connectivity index (χ0n) is 25.4. The highest BCUT2D eigenvalue weighted by Gasteiger charge is 2.36. The number of hydrogen-bond donors (Lipinski definition) is 2. The summed E-state index contributed by atoms with van der Waals surface area (Å²) < 4.78 is 50.3. The molecule has 0 fully saturated rings. The van der Waals surface area contributed by atoms with Gasteiger partial charge in [-0.1, -0.05) is 44.2 Å². The molecule has 1 aromatic carbocycles. The molecular formula is C30H30F3N7O6. The zero-order valence-corrected chi connectivity index (χ0v) is 25.4. The Labute approximate surface area is 260 Å². The lowest BCUT2D eigenvalue weighted by atomic mass is 9.88. The van der Waals surface area contributed by atoms with Crippen LogP contribution in [0.15, 0.2) is 64.1 Å². The molecule has 4 aromatic rings. The number of benzene rings is 1. The number of nitrogens with zero attached hydrogens (tertiary/aromatic N) is 5. The quantitative estimate of drug-likeness (QED) is 0.239. The summed E-state index contributed by atoms with van der Waals surface area (Å²) in [7, 11) is 1.11. The van der Waals surface area contributed by atoms with Crippen LogP contribution < -0.4 is 16.2 Å². The summed E-state index contributed by atoms with van der Waals surface area (Å²) in [6.07, 6.45) is -3.50. The van der Waals surface area contributed by atoms with Crippen LogP contribution in [-0.4, -0.2) is 55.7 Å². The number of hydrogen-bond acceptors (Lipinski definition) is 10. The molecule has 0 saturated heterocycles. The summed E-state index contributed by atoms with van der Waals surface area (Å²) in [5, 5.41) is 12.6. The summed E-state index contributed by atoms with van der Waals surface area (Å²) in [4.78, 5) is 59.8. The van der Waals surface area contributed by atoms with Gasteiger partial charge >= 0.3 is 12.3 Å². The third-order valence-electron chi connectivity index (χ3n) is 7.00. The number of rotatable bonds is 10. The molecule has 0 radical (unpaired) electrons. The van der Waals surface area contributed by atoms with E-state index >= 15 is 0 Å². The fraction of sp³-hybridized carbons (Fsp3) is 0.333. The zero-order chi connectivity index (χ0) is 33.8. The SMILES string of the molecule is COC(=O)Nc1ncc(-c2ccccc2)n(CC(=O)N[C@@H](C(=O)c2nnc(C(C)(C)c3ccc(C(F)(F)F)cn3)o2)C(C)C)c1=O. The second-order valence-corrected chi connectivity index (χ2v) is 11.0. The Bertz CT molecular complexity index is 1790. The first-order valence-corrected chi connectivity index (χ1v) is 13.8. The number of nitrogens with one attached hydrogen (secondary N) is 2. The van der Waals surface area contributed by atoms with Crippen molar-refractivity contribution < 1.29 is 36.7 Å². The van der Waals surface area contributed by atoms with E-state index in [2.05, 4.69) is 35.5 Å². The van der Waals surface area contributed by atoms with Crippen LogP contribution in [0.25, 0.3) is 11.3 Å². The van der Waals surface area contributed by atoms with E-state index in [4.69, 9.17) is 4.42 Å². The number of Topliss-reactive ketones (excluding diaryl/α,β-unsaturated/α-hetero) is 1. The number of anilines is 1. The largest absolute Gasteiger partial charge is 0.453 e. The number of halogens is 3. The number of amides is 2. The van der Waals surface area contributed by atoms with E-state index in [-0.39, 0.29) is 23.1 Å². The van der Waals surface area contributed by atoms with Gasteiger partial charge in [0.15, 0.2) is 0 Å². The van der Waals surface area contributed by atoms with Crippen molar-refractivity contribution in [3.8, 4) is 11.3 Å². The topological polar surface area (TPSA) is 171 Å². The van der Waals surface area contributed by atoms with Crippen molar-refractivity contribution in [2.45, 2.75) is 51.9 Å². The molecule has 46 heavy (non-hydrogen) atoms. The fourth-order valence-electron chi connectivity index (χ4n) is 4.36. The van der Waals surface area contributed by atoms with Crippen LogP contribution in [0.5, 0.6) is 0 Å². The number of pyridine rings is 1. The van der Waals surface area contributed by atoms with Gasteiger partial charge in [0.1, 0.15) is 6.54 Å². The van der Waals surface area contributed by atoms with Crippen molar-refractivity contribution in [3.63, 3.8) is 0 Å². The van der Waals surface area contributed by atoms with Crippen LogP contribution in [0.1, 0.15) is 55.5 Å². The van der Waals surface area contributed by atoms with Crippen LogP contribution in [0, 0.1) is 5.92 Å². The summed E-state index contributed by atoms with van der Waals surface area (Å²) in [5.41, 5.74) is -1.87. The van der Waals surface area contributed by atoms with Crippen molar-refractivity contribution >= 4 is 23.6 Å². The molecule has 0 aliphatic rings. The number of methoxy groups -OCH3 is 1. The van der Waals surface area contributed by atoms with Crippen LogP contribution in [0.4, 0.5) is 23.8 Å². The van der Waals surface area contributed by atoms with Crippen molar-refractivity contribution in [2.75, 3.05) is 12.4 Å². The van der Waals surface area contributed by atoms with Crippen molar-refractivity contribution in [1.29, 1.82) is 0 Å². The predicted molar refractivity (Wildman–Crippen MR) is 157 cm³/mol. The molecular weight excluding hydrogens is 611 g/mol. The first-order valence-electron chi connectivity index (χ1n) is 13.8. The van der Waals surface area contributed by atoms with Crippen LogP contribution in [0.3, 0.4) is 0 Å². The van der Waals surface area contributed by atoms with E-state index in [0.29, 0.717) is 11.8 Å². The minimum absolute atomic E-state index is 0.0848. The van der Waals surface area contributed by atoms with E-state index in [1.165, 1.54) is 12.3 Å². The first-order chi connectivity index (χ1) is 21.6. The third kappa shape index (κ3) is 7.27. The maximum absolute atomic E-state index is 13.5. The van der Waals surface area contributed by atoms with E-state index in [1.807, 2.05) is 0 Å². The Kier molecular flexibility index (Phi) is 9.68. The number of ketones is 1. The molecule has 0 unspecified atom stereocenters. The molecule has 3 heterocycles. The highest BCUT2D eigenvalue weighted by molar-refractivity contribution is 5.98. The fourth-order valence-corrected chi connectivity index (χ4v) is 4.36. The Morgan fingerprint density at radius 3 is 2.28 bits per heavy atom.